The van der Waals surface area contributed by atoms with E-state index >= 15 is 0 Å². The summed E-state index contributed by atoms with van der Waals surface area (Å²) in [4.78, 5) is 14.7. The number of rotatable bonds is 8. The van der Waals surface area contributed by atoms with Crippen LogP contribution in [0.4, 0.5) is 4.39 Å². The first-order valence-corrected chi connectivity index (χ1v) is 8.89. The number of likely N-dealkylation sites (N-methyl/N-ethyl adjacent to an activating group) is 1. The van der Waals surface area contributed by atoms with E-state index in [-0.39, 0.29) is 17.1 Å². The van der Waals surface area contributed by atoms with Crippen molar-refractivity contribution in [2.45, 2.75) is 24.5 Å². The molecule has 0 aliphatic heterocycles. The Kier molecular flexibility index (Phi) is 5.69. The Hall–Kier alpha value is -2.24. The third-order valence-corrected chi connectivity index (χ3v) is 4.83. The molecule has 1 amide bonds. The molecule has 1 unspecified atom stereocenters. The molecule has 138 valence electrons. The largest absolute Gasteiger partial charge is 0.356 e. The van der Waals surface area contributed by atoms with E-state index in [2.05, 4.69) is 5.32 Å². The zero-order chi connectivity index (χ0) is 18.6. The van der Waals surface area contributed by atoms with E-state index in [0.717, 1.165) is 24.9 Å². The van der Waals surface area contributed by atoms with Gasteiger partial charge < -0.3 is 15.0 Å². The van der Waals surface area contributed by atoms with Gasteiger partial charge in [0.1, 0.15) is 12.0 Å². The molecular weight excluding hydrogens is 331 g/mol. The number of halogens is 1. The van der Waals surface area contributed by atoms with Crippen molar-refractivity contribution < 1.29 is 13.9 Å². The number of hydrogen-bond acceptors (Lipinski definition) is 3. The second kappa shape index (κ2) is 7.98. The number of hydrogen-bond donors (Lipinski definition) is 1. The summed E-state index contributed by atoms with van der Waals surface area (Å²) in [5.74, 6) is -0.420. The maximum absolute atomic E-state index is 13.3. The highest BCUT2D eigenvalue weighted by Gasteiger charge is 2.52. The van der Waals surface area contributed by atoms with Crippen LogP contribution in [0.3, 0.4) is 0 Å². The number of carbonyl (C=O) groups is 1. The minimum atomic E-state index is -0.444. The van der Waals surface area contributed by atoms with Crippen molar-refractivity contribution in [3.05, 3.63) is 71.5 Å². The van der Waals surface area contributed by atoms with E-state index in [9.17, 15) is 9.18 Å². The van der Waals surface area contributed by atoms with E-state index in [4.69, 9.17) is 4.74 Å². The van der Waals surface area contributed by atoms with Crippen molar-refractivity contribution in [1.82, 2.24) is 10.2 Å². The zero-order valence-electron chi connectivity index (χ0n) is 15.2. The predicted octanol–water partition coefficient (Wildman–Crippen LogP) is 3.19. The Bertz CT molecular complexity index is 727. The van der Waals surface area contributed by atoms with Gasteiger partial charge in [-0.1, -0.05) is 30.3 Å². The van der Waals surface area contributed by atoms with Gasteiger partial charge in [0.2, 0.25) is 0 Å². The van der Waals surface area contributed by atoms with Gasteiger partial charge in [-0.3, -0.25) is 4.79 Å². The lowest BCUT2D eigenvalue weighted by Gasteiger charge is -2.29. The molecule has 1 fully saturated rings. The van der Waals surface area contributed by atoms with Crippen molar-refractivity contribution in [2.24, 2.45) is 0 Å². The van der Waals surface area contributed by atoms with Crippen LogP contribution in [-0.2, 0) is 10.2 Å². The van der Waals surface area contributed by atoms with Crippen LogP contribution in [0.2, 0.25) is 0 Å². The number of ether oxygens (including phenoxy) is 1. The van der Waals surface area contributed by atoms with Crippen molar-refractivity contribution in [2.75, 3.05) is 27.2 Å². The van der Waals surface area contributed by atoms with Crippen molar-refractivity contribution >= 4 is 5.91 Å². The van der Waals surface area contributed by atoms with Crippen LogP contribution in [0, 0.1) is 5.82 Å². The molecule has 1 atom stereocenters. The summed E-state index contributed by atoms with van der Waals surface area (Å²) in [5, 5.41) is 3.05. The maximum atomic E-state index is 13.3. The van der Waals surface area contributed by atoms with E-state index < -0.39 is 6.23 Å². The van der Waals surface area contributed by atoms with Crippen LogP contribution in [-0.4, -0.2) is 44.3 Å². The van der Waals surface area contributed by atoms with Crippen LogP contribution in [0.1, 0.15) is 28.8 Å². The molecule has 2 aromatic rings. The highest BCUT2D eigenvalue weighted by atomic mass is 19.1. The lowest BCUT2D eigenvalue weighted by molar-refractivity contribution is -0.000868. The summed E-state index contributed by atoms with van der Waals surface area (Å²) >= 11 is 0. The molecule has 0 radical (unpaired) electrons. The summed E-state index contributed by atoms with van der Waals surface area (Å²) in [5.41, 5.74) is 1.32. The Morgan fingerprint density at radius 2 is 1.81 bits per heavy atom. The molecule has 1 aliphatic carbocycles. The fraction of sp³-hybridized carbons (Fsp3) is 0.381. The fourth-order valence-corrected chi connectivity index (χ4v) is 3.10. The summed E-state index contributed by atoms with van der Waals surface area (Å²) < 4.78 is 19.4. The quantitative estimate of drug-likeness (QED) is 0.739. The molecule has 0 aromatic heterocycles. The molecule has 0 heterocycles. The van der Waals surface area contributed by atoms with Gasteiger partial charge in [0, 0.05) is 17.5 Å². The van der Waals surface area contributed by atoms with Crippen molar-refractivity contribution in [3.63, 3.8) is 0 Å². The average molecular weight is 356 g/mol. The minimum Gasteiger partial charge on any atom is -0.356 e. The van der Waals surface area contributed by atoms with Crippen molar-refractivity contribution in [1.29, 1.82) is 0 Å². The molecule has 0 spiro atoms. The monoisotopic (exact) mass is 356 g/mol. The fourth-order valence-electron chi connectivity index (χ4n) is 3.10. The highest BCUT2D eigenvalue weighted by Crippen LogP contribution is 2.51. The van der Waals surface area contributed by atoms with E-state index in [1.54, 1.807) is 24.3 Å². The Morgan fingerprint density at radius 1 is 1.15 bits per heavy atom. The molecule has 26 heavy (non-hydrogen) atoms. The van der Waals surface area contributed by atoms with Gasteiger partial charge in [0.05, 0.1) is 6.61 Å². The third-order valence-electron chi connectivity index (χ3n) is 4.83. The van der Waals surface area contributed by atoms with Gasteiger partial charge >= 0.3 is 0 Å². The SMILES string of the molecule is CN(C)CCOC(NC(=O)c1ccccc1)C1(c2ccc(F)cc2)CC1. The highest BCUT2D eigenvalue weighted by molar-refractivity contribution is 5.94. The smallest absolute Gasteiger partial charge is 0.253 e. The van der Waals surface area contributed by atoms with E-state index in [1.807, 2.05) is 37.2 Å². The molecule has 0 bridgehead atoms. The summed E-state index contributed by atoms with van der Waals surface area (Å²) in [7, 11) is 3.96. The normalized spacial score (nSPS) is 16.3. The molecule has 5 heteroatoms. The Balaban J connectivity index is 1.78. The summed E-state index contributed by atoms with van der Waals surface area (Å²) in [6.45, 7) is 1.27. The van der Waals surface area contributed by atoms with Gasteiger partial charge in [0.15, 0.2) is 0 Å². The van der Waals surface area contributed by atoms with Gasteiger partial charge in [-0.25, -0.2) is 4.39 Å². The minimum absolute atomic E-state index is 0.158. The second-order valence-electron chi connectivity index (χ2n) is 7.06. The standard InChI is InChI=1S/C21H25FN2O2/c1-24(2)14-15-26-20(23-19(25)16-6-4-3-5-7-16)21(12-13-21)17-8-10-18(22)11-9-17/h3-11,20H,12-15H2,1-2H3,(H,23,25). The van der Waals surface area contributed by atoms with E-state index in [0.29, 0.717) is 12.2 Å². The Labute approximate surface area is 154 Å². The lowest BCUT2D eigenvalue weighted by Crippen LogP contribution is -2.46. The predicted molar refractivity (Wildman–Crippen MR) is 99.5 cm³/mol. The number of amides is 1. The van der Waals surface area contributed by atoms with Crippen LogP contribution in [0.15, 0.2) is 54.6 Å². The van der Waals surface area contributed by atoms with Crippen LogP contribution in [0.5, 0.6) is 0 Å². The number of carbonyl (C=O) groups excluding carboxylic acids is 1. The second-order valence-corrected chi connectivity index (χ2v) is 7.06. The van der Waals surface area contributed by atoms with Crippen LogP contribution >= 0.6 is 0 Å². The molecule has 3 rings (SSSR count). The van der Waals surface area contributed by atoms with Gasteiger partial charge in [-0.2, -0.15) is 0 Å². The summed E-state index contributed by atoms with van der Waals surface area (Å²) in [6, 6.07) is 15.6. The van der Waals surface area contributed by atoms with Crippen LogP contribution < -0.4 is 5.32 Å². The first-order chi connectivity index (χ1) is 12.5. The molecule has 0 saturated heterocycles. The first kappa shape index (κ1) is 18.5. The molecule has 2 aromatic carbocycles. The van der Waals surface area contributed by atoms with Crippen LogP contribution in [0.25, 0.3) is 0 Å². The third kappa shape index (κ3) is 4.29. The zero-order valence-corrected chi connectivity index (χ0v) is 15.2. The lowest BCUT2D eigenvalue weighted by atomic mass is 9.93. The molecule has 4 nitrogen and oxygen atoms in total. The number of nitrogens with zero attached hydrogens (tertiary/aromatic N) is 1. The topological polar surface area (TPSA) is 41.6 Å². The maximum Gasteiger partial charge on any atom is 0.253 e. The van der Waals surface area contributed by atoms with Crippen molar-refractivity contribution in [3.8, 4) is 0 Å². The molecular formula is C21H25FN2O2. The number of nitrogens with one attached hydrogen (secondary N) is 1. The average Bonchev–Trinajstić information content (AvgIpc) is 3.43. The van der Waals surface area contributed by atoms with Gasteiger partial charge in [-0.15, -0.1) is 0 Å². The summed E-state index contributed by atoms with van der Waals surface area (Å²) in [6.07, 6.45) is 1.36. The van der Waals surface area contributed by atoms with Gasteiger partial charge in [-0.05, 0) is 56.8 Å². The molecule has 1 aliphatic rings. The Morgan fingerprint density at radius 3 is 2.38 bits per heavy atom. The first-order valence-electron chi connectivity index (χ1n) is 8.89. The molecule has 1 N–H and O–H groups in total. The molecule has 1 saturated carbocycles. The van der Waals surface area contributed by atoms with E-state index in [1.165, 1.54) is 12.1 Å². The number of benzene rings is 2. The van der Waals surface area contributed by atoms with Gasteiger partial charge in [0.25, 0.3) is 5.91 Å².